The van der Waals surface area contributed by atoms with Crippen LogP contribution in [0, 0.1) is 6.92 Å². The second kappa shape index (κ2) is 10.8. The first-order valence-corrected chi connectivity index (χ1v) is 12.2. The number of piperazine rings is 1. The largest absolute Gasteiger partial charge is 0.476 e. The number of aryl methyl sites for hydroxylation is 1. The van der Waals surface area contributed by atoms with Gasteiger partial charge in [-0.05, 0) is 43.4 Å². The summed E-state index contributed by atoms with van der Waals surface area (Å²) in [6.07, 6.45) is 4.74. The summed E-state index contributed by atoms with van der Waals surface area (Å²) in [6.45, 7) is 5.75. The van der Waals surface area contributed by atoms with E-state index in [1.54, 1.807) is 0 Å². The van der Waals surface area contributed by atoms with E-state index in [9.17, 15) is 0 Å². The van der Waals surface area contributed by atoms with E-state index in [1.165, 1.54) is 22.1 Å². The van der Waals surface area contributed by atoms with Gasteiger partial charge >= 0.3 is 0 Å². The number of benzene rings is 2. The molecule has 0 amide bonds. The summed E-state index contributed by atoms with van der Waals surface area (Å²) < 4.78 is 7.46. The van der Waals surface area contributed by atoms with Crippen LogP contribution in [0.4, 0.5) is 0 Å². The molecule has 0 saturated carbocycles. The van der Waals surface area contributed by atoms with Gasteiger partial charge in [0.15, 0.2) is 5.65 Å². The van der Waals surface area contributed by atoms with Crippen molar-refractivity contribution in [1.82, 2.24) is 30.0 Å². The second-order valence-corrected chi connectivity index (χ2v) is 8.95. The third-order valence-corrected chi connectivity index (χ3v) is 6.49. The van der Waals surface area contributed by atoms with Crippen molar-refractivity contribution in [2.75, 3.05) is 26.2 Å². The summed E-state index contributed by atoms with van der Waals surface area (Å²) >= 11 is 0. The molecule has 1 saturated heterocycles. The van der Waals surface area contributed by atoms with Gasteiger partial charge in [0.2, 0.25) is 5.88 Å². The number of hydrogen-bond donors (Lipinski definition) is 1. The third kappa shape index (κ3) is 5.26. The highest BCUT2D eigenvalue weighted by Crippen LogP contribution is 2.29. The van der Waals surface area contributed by atoms with Gasteiger partial charge in [-0.1, -0.05) is 60.7 Å². The van der Waals surface area contributed by atoms with Crippen LogP contribution in [0.25, 0.3) is 5.65 Å². The normalized spacial score (nSPS) is 16.8. The molecule has 2 aromatic heterocycles. The molecule has 0 bridgehead atoms. The standard InChI is InChI=1S/C27H32N6O/c1-21-18-25-29-20-30-33(25)31-27(21)34-17-9-8-14-24-19-32(16-15-28-24)26(22-10-4-2-5-11-22)23-12-6-3-7-13-23/h2-7,10-13,18,20,24,26,28H,8-9,14-17,19H2,1H3. The Bertz CT molecular complexity index is 1140. The number of nitrogens with zero attached hydrogens (tertiary/aromatic N) is 5. The molecule has 4 aromatic rings. The molecule has 7 heteroatoms. The first kappa shape index (κ1) is 22.5. The number of hydrogen-bond acceptors (Lipinski definition) is 6. The van der Waals surface area contributed by atoms with Crippen LogP contribution in [0.1, 0.15) is 42.0 Å². The van der Waals surface area contributed by atoms with Crippen LogP contribution < -0.4 is 10.1 Å². The van der Waals surface area contributed by atoms with Gasteiger partial charge in [0.25, 0.3) is 0 Å². The molecule has 0 radical (unpaired) electrons. The van der Waals surface area contributed by atoms with E-state index in [1.807, 2.05) is 13.0 Å². The van der Waals surface area contributed by atoms with Crippen LogP contribution in [-0.2, 0) is 0 Å². The Hall–Kier alpha value is -3.29. The fourth-order valence-corrected chi connectivity index (χ4v) is 4.81. The van der Waals surface area contributed by atoms with E-state index in [4.69, 9.17) is 4.74 Å². The first-order chi connectivity index (χ1) is 16.8. The Kier molecular flexibility index (Phi) is 7.12. The maximum atomic E-state index is 5.95. The molecule has 1 unspecified atom stereocenters. The zero-order valence-corrected chi connectivity index (χ0v) is 19.7. The monoisotopic (exact) mass is 456 g/mol. The Morgan fingerprint density at radius 3 is 2.50 bits per heavy atom. The highest BCUT2D eigenvalue weighted by molar-refractivity contribution is 5.41. The summed E-state index contributed by atoms with van der Waals surface area (Å²) in [5, 5.41) is 12.2. The number of fused-ring (bicyclic) bond motifs is 1. The molecule has 34 heavy (non-hydrogen) atoms. The Labute approximate surface area is 200 Å². The summed E-state index contributed by atoms with van der Waals surface area (Å²) in [6, 6.07) is 24.5. The minimum absolute atomic E-state index is 0.288. The van der Waals surface area contributed by atoms with Crippen LogP contribution in [0.15, 0.2) is 73.1 Å². The lowest BCUT2D eigenvalue weighted by Crippen LogP contribution is -2.51. The zero-order valence-electron chi connectivity index (χ0n) is 19.7. The molecule has 1 aliphatic rings. The van der Waals surface area contributed by atoms with Crippen molar-refractivity contribution in [3.8, 4) is 5.88 Å². The molecular weight excluding hydrogens is 424 g/mol. The van der Waals surface area contributed by atoms with Crippen LogP contribution in [0.3, 0.4) is 0 Å². The van der Waals surface area contributed by atoms with Crippen LogP contribution in [0.5, 0.6) is 5.88 Å². The Balaban J connectivity index is 1.15. The average Bonchev–Trinajstić information content (AvgIpc) is 3.33. The topological polar surface area (TPSA) is 67.6 Å². The lowest BCUT2D eigenvalue weighted by atomic mass is 9.95. The van der Waals surface area contributed by atoms with Crippen molar-refractivity contribution in [1.29, 1.82) is 0 Å². The fourth-order valence-electron chi connectivity index (χ4n) is 4.81. The van der Waals surface area contributed by atoms with Gasteiger partial charge in [0, 0.05) is 31.2 Å². The first-order valence-electron chi connectivity index (χ1n) is 12.2. The molecule has 176 valence electrons. The lowest BCUT2D eigenvalue weighted by Gasteiger charge is -2.39. The smallest absolute Gasteiger partial charge is 0.236 e. The minimum Gasteiger partial charge on any atom is -0.476 e. The van der Waals surface area contributed by atoms with Crippen molar-refractivity contribution in [2.45, 2.75) is 38.3 Å². The van der Waals surface area contributed by atoms with E-state index in [0.717, 1.165) is 50.1 Å². The highest BCUT2D eigenvalue weighted by atomic mass is 16.5. The van der Waals surface area contributed by atoms with Crippen molar-refractivity contribution >= 4 is 5.65 Å². The van der Waals surface area contributed by atoms with Gasteiger partial charge in [-0.2, -0.15) is 0 Å². The van der Waals surface area contributed by atoms with Gasteiger partial charge in [-0.15, -0.1) is 14.8 Å². The molecule has 3 heterocycles. The van der Waals surface area contributed by atoms with E-state index < -0.39 is 0 Å². The van der Waals surface area contributed by atoms with Crippen molar-refractivity contribution in [3.63, 3.8) is 0 Å². The SMILES string of the molecule is Cc1cc2ncnn2nc1OCCCCC1CN(C(c2ccccc2)c2ccccc2)CCN1. The van der Waals surface area contributed by atoms with Crippen LogP contribution in [-0.4, -0.2) is 57.0 Å². The second-order valence-electron chi connectivity index (χ2n) is 8.95. The maximum Gasteiger partial charge on any atom is 0.236 e. The van der Waals surface area contributed by atoms with Crippen molar-refractivity contribution in [2.24, 2.45) is 0 Å². The predicted molar refractivity (Wildman–Crippen MR) is 133 cm³/mol. The van der Waals surface area contributed by atoms with E-state index >= 15 is 0 Å². The molecule has 0 spiro atoms. The Morgan fingerprint density at radius 2 is 1.76 bits per heavy atom. The Morgan fingerprint density at radius 1 is 1.03 bits per heavy atom. The van der Waals surface area contributed by atoms with E-state index in [-0.39, 0.29) is 6.04 Å². The number of aromatic nitrogens is 4. The lowest BCUT2D eigenvalue weighted by molar-refractivity contribution is 0.157. The molecule has 0 aliphatic carbocycles. The average molecular weight is 457 g/mol. The van der Waals surface area contributed by atoms with Crippen LogP contribution in [0.2, 0.25) is 0 Å². The third-order valence-electron chi connectivity index (χ3n) is 6.49. The predicted octanol–water partition coefficient (Wildman–Crippen LogP) is 4.05. The zero-order chi connectivity index (χ0) is 23.2. The summed E-state index contributed by atoms with van der Waals surface area (Å²) in [7, 11) is 0. The van der Waals surface area contributed by atoms with Crippen LogP contribution >= 0.6 is 0 Å². The number of nitrogens with one attached hydrogen (secondary N) is 1. The molecule has 1 fully saturated rings. The van der Waals surface area contributed by atoms with E-state index in [2.05, 4.69) is 86.1 Å². The molecule has 1 N–H and O–H groups in total. The van der Waals surface area contributed by atoms with Gasteiger partial charge in [-0.3, -0.25) is 4.90 Å². The maximum absolute atomic E-state index is 5.95. The van der Waals surface area contributed by atoms with Crippen molar-refractivity contribution < 1.29 is 4.74 Å². The number of rotatable bonds is 9. The van der Waals surface area contributed by atoms with Gasteiger partial charge in [0.05, 0.1) is 12.6 Å². The molecular formula is C27H32N6O. The van der Waals surface area contributed by atoms with Crippen molar-refractivity contribution in [3.05, 3.63) is 89.7 Å². The molecule has 5 rings (SSSR count). The highest BCUT2D eigenvalue weighted by Gasteiger charge is 2.27. The minimum atomic E-state index is 0.288. The van der Waals surface area contributed by atoms with Gasteiger partial charge in [0.1, 0.15) is 6.33 Å². The van der Waals surface area contributed by atoms with E-state index in [0.29, 0.717) is 18.5 Å². The quantitative estimate of drug-likeness (QED) is 0.384. The summed E-state index contributed by atoms with van der Waals surface area (Å²) in [5.41, 5.74) is 4.44. The van der Waals surface area contributed by atoms with Gasteiger partial charge in [-0.25, -0.2) is 4.98 Å². The molecule has 1 aliphatic heterocycles. The summed E-state index contributed by atoms with van der Waals surface area (Å²) in [5.74, 6) is 0.633. The number of unbranched alkanes of at least 4 members (excludes halogenated alkanes) is 1. The summed E-state index contributed by atoms with van der Waals surface area (Å²) in [4.78, 5) is 6.79. The molecule has 7 nitrogen and oxygen atoms in total. The number of ether oxygens (including phenoxy) is 1. The molecule has 2 aromatic carbocycles. The fraction of sp³-hybridized carbons (Fsp3) is 0.370. The van der Waals surface area contributed by atoms with Gasteiger partial charge < -0.3 is 10.1 Å². The molecule has 1 atom stereocenters.